The number of carbonyl (C=O) groups excluding carboxylic acids is 1. The summed E-state index contributed by atoms with van der Waals surface area (Å²) in [6.07, 6.45) is 5.51. The minimum atomic E-state index is -0.414. The molecule has 1 N–H and O–H groups in total. The zero-order valence-corrected chi connectivity index (χ0v) is 15.1. The molecular formula is C20H29N3O2. The molecule has 5 heteroatoms. The van der Waals surface area contributed by atoms with Crippen molar-refractivity contribution in [2.24, 2.45) is 17.8 Å². The van der Waals surface area contributed by atoms with Crippen LogP contribution >= 0.6 is 0 Å². The third kappa shape index (κ3) is 3.61. The van der Waals surface area contributed by atoms with E-state index >= 15 is 0 Å². The van der Waals surface area contributed by atoms with Gasteiger partial charge in [-0.1, -0.05) is 18.6 Å². The molecule has 4 rings (SSSR count). The Morgan fingerprint density at radius 3 is 2.64 bits per heavy atom. The first-order valence-electron chi connectivity index (χ1n) is 9.64. The fourth-order valence-corrected chi connectivity index (χ4v) is 5.12. The fraction of sp³-hybridized carbons (Fsp3) is 0.650. The molecule has 136 valence electrons. The third-order valence-corrected chi connectivity index (χ3v) is 6.42. The molecule has 3 aliphatic rings. The maximum Gasteiger partial charge on any atom is 0.411 e. The van der Waals surface area contributed by atoms with Crippen LogP contribution in [0.3, 0.4) is 0 Å². The maximum atomic E-state index is 11.6. The van der Waals surface area contributed by atoms with Gasteiger partial charge in [0.05, 0.1) is 18.5 Å². The van der Waals surface area contributed by atoms with Crippen molar-refractivity contribution in [1.29, 1.82) is 0 Å². The van der Waals surface area contributed by atoms with Crippen LogP contribution in [-0.2, 0) is 4.74 Å². The maximum absolute atomic E-state index is 11.6. The Morgan fingerprint density at radius 1 is 1.16 bits per heavy atom. The molecule has 1 aromatic carbocycles. The molecule has 3 fully saturated rings. The molecule has 1 saturated heterocycles. The highest BCUT2D eigenvalue weighted by Crippen LogP contribution is 2.48. The van der Waals surface area contributed by atoms with Crippen LogP contribution in [0, 0.1) is 17.8 Å². The molecule has 1 heterocycles. The lowest BCUT2D eigenvalue weighted by molar-refractivity contribution is 0.182. The van der Waals surface area contributed by atoms with Gasteiger partial charge in [0.25, 0.3) is 0 Å². The topological polar surface area (TPSA) is 44.8 Å². The van der Waals surface area contributed by atoms with Crippen LogP contribution in [0.2, 0.25) is 0 Å². The van der Waals surface area contributed by atoms with E-state index < -0.39 is 6.09 Å². The van der Waals surface area contributed by atoms with Crippen LogP contribution in [0.5, 0.6) is 0 Å². The second kappa shape index (κ2) is 7.24. The van der Waals surface area contributed by atoms with E-state index in [0.29, 0.717) is 0 Å². The number of nitrogens with one attached hydrogen (secondary N) is 1. The quantitative estimate of drug-likeness (QED) is 0.910. The largest absolute Gasteiger partial charge is 0.453 e. The summed E-state index contributed by atoms with van der Waals surface area (Å²) in [5, 5.41) is 2.83. The zero-order chi connectivity index (χ0) is 17.2. The molecule has 25 heavy (non-hydrogen) atoms. The highest BCUT2D eigenvalue weighted by molar-refractivity contribution is 5.89. The predicted molar refractivity (Wildman–Crippen MR) is 100 cm³/mol. The van der Waals surface area contributed by atoms with Crippen LogP contribution in [0.4, 0.5) is 16.2 Å². The number of anilines is 2. The Hall–Kier alpha value is -1.75. The number of nitrogens with zero attached hydrogens (tertiary/aromatic N) is 2. The second-order valence-electron chi connectivity index (χ2n) is 7.86. The molecule has 2 saturated carbocycles. The summed E-state index contributed by atoms with van der Waals surface area (Å²) < 4.78 is 4.74. The molecule has 0 aromatic heterocycles. The van der Waals surface area contributed by atoms with E-state index in [1.807, 2.05) is 18.2 Å². The SMILES string of the molecule is COC(=O)Nc1ccccc1N1CCN(CC2CC3CCC2C3)CC1. The molecule has 1 aliphatic heterocycles. The minimum Gasteiger partial charge on any atom is -0.453 e. The molecule has 0 radical (unpaired) electrons. The highest BCUT2D eigenvalue weighted by Gasteiger charge is 2.40. The van der Waals surface area contributed by atoms with Crippen LogP contribution < -0.4 is 10.2 Å². The number of piperazine rings is 1. The Kier molecular flexibility index (Phi) is 4.84. The summed E-state index contributed by atoms with van der Waals surface area (Å²) in [6.45, 7) is 5.54. The number of rotatable bonds is 4. The van der Waals surface area contributed by atoms with Crippen molar-refractivity contribution < 1.29 is 9.53 Å². The summed E-state index contributed by atoms with van der Waals surface area (Å²) in [5.74, 6) is 2.99. The molecule has 2 aliphatic carbocycles. The normalized spacial score (nSPS) is 29.0. The average Bonchev–Trinajstić information content (AvgIpc) is 3.26. The van der Waals surface area contributed by atoms with Crippen LogP contribution in [0.15, 0.2) is 24.3 Å². The van der Waals surface area contributed by atoms with E-state index in [0.717, 1.165) is 55.3 Å². The summed E-state index contributed by atoms with van der Waals surface area (Å²) in [5.41, 5.74) is 1.92. The van der Waals surface area contributed by atoms with Crippen molar-refractivity contribution in [1.82, 2.24) is 4.90 Å². The summed E-state index contributed by atoms with van der Waals surface area (Å²) in [4.78, 5) is 16.6. The minimum absolute atomic E-state index is 0.414. The fourth-order valence-electron chi connectivity index (χ4n) is 5.12. The number of ether oxygens (including phenoxy) is 1. The van der Waals surface area contributed by atoms with Gasteiger partial charge in [-0.05, 0) is 49.1 Å². The van der Waals surface area contributed by atoms with Gasteiger partial charge in [0, 0.05) is 32.7 Å². The van der Waals surface area contributed by atoms with Crippen molar-refractivity contribution in [2.45, 2.75) is 25.7 Å². The number of amides is 1. The molecule has 1 aromatic rings. The monoisotopic (exact) mass is 343 g/mol. The lowest BCUT2D eigenvalue weighted by Crippen LogP contribution is -2.48. The number of carbonyl (C=O) groups is 1. The van der Waals surface area contributed by atoms with E-state index in [2.05, 4.69) is 21.2 Å². The Morgan fingerprint density at radius 2 is 1.96 bits per heavy atom. The van der Waals surface area contributed by atoms with E-state index in [4.69, 9.17) is 4.74 Å². The zero-order valence-electron chi connectivity index (χ0n) is 15.1. The van der Waals surface area contributed by atoms with E-state index in [-0.39, 0.29) is 0 Å². The summed E-state index contributed by atoms with van der Waals surface area (Å²) in [7, 11) is 1.40. The molecule has 2 bridgehead atoms. The number of fused-ring (bicyclic) bond motifs is 2. The van der Waals surface area contributed by atoms with E-state index in [1.165, 1.54) is 39.3 Å². The van der Waals surface area contributed by atoms with Crippen molar-refractivity contribution in [3.05, 3.63) is 24.3 Å². The second-order valence-corrected chi connectivity index (χ2v) is 7.86. The average molecular weight is 343 g/mol. The van der Waals surface area contributed by atoms with Crippen molar-refractivity contribution >= 4 is 17.5 Å². The number of hydrogen-bond donors (Lipinski definition) is 1. The first-order valence-corrected chi connectivity index (χ1v) is 9.64. The number of benzene rings is 1. The van der Waals surface area contributed by atoms with Crippen LogP contribution in [-0.4, -0.2) is 50.8 Å². The van der Waals surface area contributed by atoms with Crippen molar-refractivity contribution in [2.75, 3.05) is 50.1 Å². The first-order chi connectivity index (χ1) is 12.2. The van der Waals surface area contributed by atoms with Gasteiger partial charge in [-0.15, -0.1) is 0 Å². The Labute approximate surface area is 150 Å². The number of para-hydroxylation sites is 2. The van der Waals surface area contributed by atoms with Gasteiger partial charge in [-0.2, -0.15) is 0 Å². The number of hydrogen-bond acceptors (Lipinski definition) is 4. The van der Waals surface area contributed by atoms with Gasteiger partial charge in [0.15, 0.2) is 0 Å². The van der Waals surface area contributed by atoms with E-state index in [9.17, 15) is 4.79 Å². The van der Waals surface area contributed by atoms with Gasteiger partial charge >= 0.3 is 6.09 Å². The van der Waals surface area contributed by atoms with Gasteiger partial charge < -0.3 is 9.64 Å². The van der Waals surface area contributed by atoms with Gasteiger partial charge in [-0.25, -0.2) is 4.79 Å². The lowest BCUT2D eigenvalue weighted by Gasteiger charge is -2.39. The lowest BCUT2D eigenvalue weighted by atomic mass is 9.88. The molecule has 1 amide bonds. The van der Waals surface area contributed by atoms with E-state index in [1.54, 1.807) is 0 Å². The first kappa shape index (κ1) is 16.7. The van der Waals surface area contributed by atoms with Crippen LogP contribution in [0.25, 0.3) is 0 Å². The molecule has 5 nitrogen and oxygen atoms in total. The van der Waals surface area contributed by atoms with Gasteiger partial charge in [0.1, 0.15) is 0 Å². The summed E-state index contributed by atoms with van der Waals surface area (Å²) >= 11 is 0. The molecule has 3 unspecified atom stereocenters. The summed E-state index contributed by atoms with van der Waals surface area (Å²) in [6, 6.07) is 7.99. The van der Waals surface area contributed by atoms with Crippen LogP contribution in [0.1, 0.15) is 25.7 Å². The molecule has 0 spiro atoms. The predicted octanol–water partition coefficient (Wildman–Crippen LogP) is 3.42. The molecule has 3 atom stereocenters. The highest BCUT2D eigenvalue weighted by atomic mass is 16.5. The number of methoxy groups -OCH3 is 1. The third-order valence-electron chi connectivity index (χ3n) is 6.42. The Bertz CT molecular complexity index is 613. The Balaban J connectivity index is 1.33. The smallest absolute Gasteiger partial charge is 0.411 e. The van der Waals surface area contributed by atoms with Gasteiger partial charge in [-0.3, -0.25) is 10.2 Å². The van der Waals surface area contributed by atoms with Gasteiger partial charge in [0.2, 0.25) is 0 Å². The molecular weight excluding hydrogens is 314 g/mol. The standard InChI is InChI=1S/C20H29N3O2/c1-25-20(24)21-18-4-2-3-5-19(18)23-10-8-22(9-11-23)14-17-13-15-6-7-16(17)12-15/h2-5,15-17H,6-14H2,1H3,(H,21,24). The van der Waals surface area contributed by atoms with Crippen molar-refractivity contribution in [3.8, 4) is 0 Å². The van der Waals surface area contributed by atoms with Crippen molar-refractivity contribution in [3.63, 3.8) is 0 Å².